The number of nitrogens with one attached hydrogen (secondary N) is 1. The Balaban J connectivity index is 1.84. The summed E-state index contributed by atoms with van der Waals surface area (Å²) in [6, 6.07) is 12.8. The maximum Gasteiger partial charge on any atom is 0.161 e. The zero-order valence-corrected chi connectivity index (χ0v) is 14.1. The molecule has 3 rings (SSSR count). The number of phenolic OH excluding ortho intramolecular Hbond substituents is 1. The number of hydrogen-bond acceptors (Lipinski definition) is 6. The summed E-state index contributed by atoms with van der Waals surface area (Å²) in [4.78, 5) is 8.84. The Kier molecular flexibility index (Phi) is 4.70. The number of benzene rings is 2. The van der Waals surface area contributed by atoms with Gasteiger partial charge in [0.15, 0.2) is 11.5 Å². The molecule has 2 aromatic carbocycles. The van der Waals surface area contributed by atoms with Crippen LogP contribution in [0.2, 0.25) is 0 Å². The fourth-order valence-electron chi connectivity index (χ4n) is 2.55. The Morgan fingerprint density at radius 2 is 2.00 bits per heavy atom. The minimum Gasteiger partial charge on any atom is -0.504 e. The molecule has 0 aliphatic rings. The second-order valence-corrected chi connectivity index (χ2v) is 5.71. The van der Waals surface area contributed by atoms with Gasteiger partial charge in [0.2, 0.25) is 0 Å². The van der Waals surface area contributed by atoms with E-state index in [9.17, 15) is 5.11 Å². The van der Waals surface area contributed by atoms with Crippen LogP contribution in [0.25, 0.3) is 11.3 Å². The van der Waals surface area contributed by atoms with Crippen LogP contribution < -0.4 is 15.8 Å². The van der Waals surface area contributed by atoms with Gasteiger partial charge in [-0.1, -0.05) is 12.1 Å². The number of aromatic nitrogens is 2. The summed E-state index contributed by atoms with van der Waals surface area (Å²) in [5.41, 5.74) is 9.12. The molecule has 25 heavy (non-hydrogen) atoms. The molecule has 0 amide bonds. The van der Waals surface area contributed by atoms with Crippen molar-refractivity contribution in [2.45, 2.75) is 13.0 Å². The quantitative estimate of drug-likeness (QED) is 0.616. The molecule has 1 heterocycles. The number of phenols is 1. The highest BCUT2D eigenvalue weighted by atomic mass is 16.5. The molecule has 1 atom stereocenters. The van der Waals surface area contributed by atoms with Crippen molar-refractivity contribution in [2.24, 2.45) is 0 Å². The van der Waals surface area contributed by atoms with Crippen LogP contribution in [0.3, 0.4) is 0 Å². The van der Waals surface area contributed by atoms with Crippen molar-refractivity contribution in [3.63, 3.8) is 0 Å². The van der Waals surface area contributed by atoms with Crippen LogP contribution in [0.5, 0.6) is 11.5 Å². The molecule has 6 nitrogen and oxygen atoms in total. The molecule has 4 N–H and O–H groups in total. The van der Waals surface area contributed by atoms with E-state index in [-0.39, 0.29) is 11.8 Å². The average molecular weight is 336 g/mol. The molecular weight excluding hydrogens is 316 g/mol. The van der Waals surface area contributed by atoms with Crippen LogP contribution in [0.1, 0.15) is 18.5 Å². The van der Waals surface area contributed by atoms with Crippen LogP contribution in [-0.4, -0.2) is 22.2 Å². The zero-order chi connectivity index (χ0) is 17.8. The molecule has 6 heteroatoms. The Labute approximate surface area is 146 Å². The summed E-state index contributed by atoms with van der Waals surface area (Å²) < 4.78 is 5.15. The number of methoxy groups -OCH3 is 1. The summed E-state index contributed by atoms with van der Waals surface area (Å²) in [5.74, 6) is 1.13. The first-order valence-electron chi connectivity index (χ1n) is 7.88. The predicted molar refractivity (Wildman–Crippen MR) is 98.6 cm³/mol. The lowest BCUT2D eigenvalue weighted by molar-refractivity contribution is 0.373. The molecule has 0 radical (unpaired) electrons. The van der Waals surface area contributed by atoms with E-state index in [1.54, 1.807) is 30.6 Å². The lowest BCUT2D eigenvalue weighted by atomic mass is 10.1. The smallest absolute Gasteiger partial charge is 0.161 e. The van der Waals surface area contributed by atoms with Gasteiger partial charge in [-0.15, -0.1) is 0 Å². The van der Waals surface area contributed by atoms with Crippen LogP contribution in [-0.2, 0) is 0 Å². The SMILES string of the molecule is COc1cc(-c2cncc(NC(C)c3cccc(N)c3)n2)ccc1O. The van der Waals surface area contributed by atoms with E-state index in [1.807, 2.05) is 31.2 Å². The molecule has 0 aliphatic heterocycles. The van der Waals surface area contributed by atoms with E-state index in [0.29, 0.717) is 17.3 Å². The minimum atomic E-state index is 0.0300. The zero-order valence-electron chi connectivity index (χ0n) is 14.1. The number of anilines is 2. The number of nitrogens with zero attached hydrogens (tertiary/aromatic N) is 2. The van der Waals surface area contributed by atoms with Gasteiger partial charge in [-0.25, -0.2) is 4.98 Å². The van der Waals surface area contributed by atoms with Crippen LogP contribution in [0, 0.1) is 0 Å². The third-order valence-electron chi connectivity index (χ3n) is 3.89. The van der Waals surface area contributed by atoms with Gasteiger partial charge in [0, 0.05) is 11.3 Å². The van der Waals surface area contributed by atoms with Gasteiger partial charge in [0.05, 0.1) is 31.2 Å². The first kappa shape index (κ1) is 16.6. The fraction of sp³-hybridized carbons (Fsp3) is 0.158. The average Bonchev–Trinajstić information content (AvgIpc) is 2.62. The van der Waals surface area contributed by atoms with Gasteiger partial charge in [-0.3, -0.25) is 4.98 Å². The number of hydrogen-bond donors (Lipinski definition) is 3. The number of aromatic hydroxyl groups is 1. The number of nitrogens with two attached hydrogens (primary N) is 1. The molecule has 0 saturated carbocycles. The van der Waals surface area contributed by atoms with Gasteiger partial charge < -0.3 is 20.9 Å². The van der Waals surface area contributed by atoms with Crippen LogP contribution >= 0.6 is 0 Å². The molecule has 0 saturated heterocycles. The second kappa shape index (κ2) is 7.09. The Morgan fingerprint density at radius 1 is 1.16 bits per heavy atom. The first-order valence-corrected chi connectivity index (χ1v) is 7.88. The normalized spacial score (nSPS) is 11.8. The summed E-state index contributed by atoms with van der Waals surface area (Å²) in [6.45, 7) is 2.03. The lowest BCUT2D eigenvalue weighted by Crippen LogP contribution is -2.09. The molecule has 3 aromatic rings. The summed E-state index contributed by atoms with van der Waals surface area (Å²) in [6.07, 6.45) is 3.34. The third-order valence-corrected chi connectivity index (χ3v) is 3.89. The highest BCUT2D eigenvalue weighted by molar-refractivity contribution is 5.64. The third kappa shape index (κ3) is 3.80. The van der Waals surface area contributed by atoms with Crippen molar-refractivity contribution in [1.29, 1.82) is 0 Å². The molecule has 1 aromatic heterocycles. The van der Waals surface area contributed by atoms with E-state index < -0.39 is 0 Å². The standard InChI is InChI=1S/C19H20N4O2/c1-12(13-4-3-5-15(20)8-13)22-19-11-21-10-16(23-19)14-6-7-17(24)18(9-14)25-2/h3-12,24H,20H2,1-2H3,(H,22,23). The number of rotatable bonds is 5. The van der Waals surface area contributed by atoms with Gasteiger partial charge in [-0.05, 0) is 42.8 Å². The first-order chi connectivity index (χ1) is 12.1. The van der Waals surface area contributed by atoms with E-state index in [0.717, 1.165) is 16.8 Å². The largest absolute Gasteiger partial charge is 0.504 e. The fourth-order valence-corrected chi connectivity index (χ4v) is 2.55. The van der Waals surface area contributed by atoms with Crippen molar-refractivity contribution in [2.75, 3.05) is 18.2 Å². The van der Waals surface area contributed by atoms with Crippen LogP contribution in [0.4, 0.5) is 11.5 Å². The minimum absolute atomic E-state index is 0.0300. The van der Waals surface area contributed by atoms with Crippen LogP contribution in [0.15, 0.2) is 54.9 Å². The maximum atomic E-state index is 9.72. The van der Waals surface area contributed by atoms with Gasteiger partial charge in [-0.2, -0.15) is 0 Å². The monoisotopic (exact) mass is 336 g/mol. The molecule has 128 valence electrons. The predicted octanol–water partition coefficient (Wildman–Crippen LogP) is 3.61. The lowest BCUT2D eigenvalue weighted by Gasteiger charge is -2.16. The maximum absolute atomic E-state index is 9.72. The van der Waals surface area contributed by atoms with Gasteiger partial charge >= 0.3 is 0 Å². The summed E-state index contributed by atoms with van der Waals surface area (Å²) >= 11 is 0. The van der Waals surface area contributed by atoms with E-state index in [1.165, 1.54) is 7.11 Å². The Hall–Kier alpha value is -3.28. The topological polar surface area (TPSA) is 93.3 Å². The summed E-state index contributed by atoms with van der Waals surface area (Å²) in [5, 5.41) is 13.0. The van der Waals surface area contributed by atoms with Crippen molar-refractivity contribution in [3.8, 4) is 22.8 Å². The molecule has 1 unspecified atom stereocenters. The summed E-state index contributed by atoms with van der Waals surface area (Å²) in [7, 11) is 1.51. The number of nitrogen functional groups attached to an aromatic ring is 1. The molecule has 0 fully saturated rings. The molecule has 0 aliphatic carbocycles. The second-order valence-electron chi connectivity index (χ2n) is 5.71. The Bertz CT molecular complexity index is 883. The van der Waals surface area contributed by atoms with E-state index >= 15 is 0 Å². The van der Waals surface area contributed by atoms with Gasteiger partial charge in [0.25, 0.3) is 0 Å². The molecule has 0 bridgehead atoms. The number of ether oxygens (including phenoxy) is 1. The van der Waals surface area contributed by atoms with Crippen molar-refractivity contribution in [1.82, 2.24) is 9.97 Å². The highest BCUT2D eigenvalue weighted by Gasteiger charge is 2.10. The molecule has 0 spiro atoms. The highest BCUT2D eigenvalue weighted by Crippen LogP contribution is 2.31. The van der Waals surface area contributed by atoms with E-state index in [4.69, 9.17) is 10.5 Å². The van der Waals surface area contributed by atoms with Gasteiger partial charge in [0.1, 0.15) is 5.82 Å². The van der Waals surface area contributed by atoms with Crippen molar-refractivity contribution in [3.05, 3.63) is 60.4 Å². The molecular formula is C19H20N4O2. The van der Waals surface area contributed by atoms with Crippen molar-refractivity contribution < 1.29 is 9.84 Å². The van der Waals surface area contributed by atoms with E-state index in [2.05, 4.69) is 15.3 Å². The van der Waals surface area contributed by atoms with Crippen molar-refractivity contribution >= 4 is 11.5 Å². The Morgan fingerprint density at radius 3 is 2.76 bits per heavy atom.